The second-order valence-corrected chi connectivity index (χ2v) is 4.75. The Morgan fingerprint density at radius 2 is 2.10 bits per heavy atom. The third kappa shape index (κ3) is 2.85. The molecule has 0 spiro atoms. The highest BCUT2D eigenvalue weighted by atomic mass is 16.7. The lowest BCUT2D eigenvalue weighted by atomic mass is 9.82. The Labute approximate surface area is 121 Å². The highest BCUT2D eigenvalue weighted by Crippen LogP contribution is 2.39. The largest absolute Gasteiger partial charge is 0.481 e. The number of nitrogens with zero attached hydrogens (tertiary/aromatic N) is 1. The van der Waals surface area contributed by atoms with Crippen LogP contribution in [0.3, 0.4) is 0 Å². The molecule has 0 radical (unpaired) electrons. The van der Waals surface area contributed by atoms with Crippen LogP contribution in [0, 0.1) is 10.1 Å². The number of carbonyl (C=O) groups is 1. The van der Waals surface area contributed by atoms with Crippen molar-refractivity contribution in [3.8, 4) is 0 Å². The SMILES string of the molecule is COC1([N+](=O)[O-])C=C(CC(=O)O)C=CC1c1ccccc1. The quantitative estimate of drug-likeness (QED) is 0.510. The first-order valence-corrected chi connectivity index (χ1v) is 6.36. The fourth-order valence-electron chi connectivity index (χ4n) is 2.48. The molecule has 6 nitrogen and oxygen atoms in total. The summed E-state index contributed by atoms with van der Waals surface area (Å²) in [7, 11) is 1.26. The van der Waals surface area contributed by atoms with Gasteiger partial charge in [-0.05, 0) is 11.1 Å². The maximum absolute atomic E-state index is 11.6. The molecule has 0 heterocycles. The minimum atomic E-state index is -1.79. The van der Waals surface area contributed by atoms with Crippen LogP contribution >= 0.6 is 0 Å². The van der Waals surface area contributed by atoms with Gasteiger partial charge in [0.1, 0.15) is 5.92 Å². The maximum atomic E-state index is 11.6. The fourth-order valence-corrected chi connectivity index (χ4v) is 2.48. The van der Waals surface area contributed by atoms with Crippen LogP contribution in [0.4, 0.5) is 0 Å². The van der Waals surface area contributed by atoms with Gasteiger partial charge >= 0.3 is 11.7 Å². The number of benzene rings is 1. The van der Waals surface area contributed by atoms with Crippen LogP contribution in [0.1, 0.15) is 17.9 Å². The van der Waals surface area contributed by atoms with E-state index in [1.807, 2.05) is 6.07 Å². The number of aliphatic carboxylic acids is 1. The van der Waals surface area contributed by atoms with Crippen LogP contribution < -0.4 is 0 Å². The highest BCUT2D eigenvalue weighted by Gasteiger charge is 2.50. The van der Waals surface area contributed by atoms with E-state index in [0.29, 0.717) is 5.57 Å². The molecule has 1 aliphatic rings. The molecule has 6 heteroatoms. The fraction of sp³-hybridized carbons (Fsp3) is 0.267. The highest BCUT2D eigenvalue weighted by molar-refractivity contribution is 5.71. The van der Waals surface area contributed by atoms with Crippen LogP contribution in [0.15, 0.2) is 54.1 Å². The van der Waals surface area contributed by atoms with Gasteiger partial charge in [-0.2, -0.15) is 0 Å². The maximum Gasteiger partial charge on any atom is 0.355 e. The van der Waals surface area contributed by atoms with Gasteiger partial charge in [-0.15, -0.1) is 0 Å². The Kier molecular flexibility index (Phi) is 4.18. The number of carboxylic acids is 1. The number of carboxylic acid groups (broad SMARTS) is 1. The van der Waals surface area contributed by atoms with Crippen molar-refractivity contribution >= 4 is 5.97 Å². The molecule has 21 heavy (non-hydrogen) atoms. The summed E-state index contributed by atoms with van der Waals surface area (Å²) >= 11 is 0. The minimum Gasteiger partial charge on any atom is -0.481 e. The number of hydrogen-bond donors (Lipinski definition) is 1. The summed E-state index contributed by atoms with van der Waals surface area (Å²) in [6.45, 7) is 0. The summed E-state index contributed by atoms with van der Waals surface area (Å²) < 4.78 is 5.20. The Hall–Kier alpha value is -2.47. The Morgan fingerprint density at radius 1 is 1.43 bits per heavy atom. The van der Waals surface area contributed by atoms with Crippen LogP contribution in [0.5, 0.6) is 0 Å². The molecular formula is C15H15NO5. The van der Waals surface area contributed by atoms with E-state index >= 15 is 0 Å². The Bertz CT molecular complexity index is 608. The summed E-state index contributed by atoms with van der Waals surface area (Å²) in [5.41, 5.74) is -0.702. The number of ether oxygens (including phenoxy) is 1. The van der Waals surface area contributed by atoms with Crippen molar-refractivity contribution < 1.29 is 19.6 Å². The molecule has 1 N–H and O–H groups in total. The lowest BCUT2D eigenvalue weighted by molar-refractivity contribution is -0.614. The number of allylic oxidation sites excluding steroid dienone is 1. The summed E-state index contributed by atoms with van der Waals surface area (Å²) in [5.74, 6) is -1.66. The van der Waals surface area contributed by atoms with Crippen molar-refractivity contribution in [2.45, 2.75) is 18.1 Å². The standard InChI is InChI=1S/C15H15NO5/c1-21-15(16(19)20)10-11(9-14(17)18)7-8-13(15)12-5-3-2-4-6-12/h2-8,10,13H,9H2,1H3,(H,17,18). The van der Waals surface area contributed by atoms with Crippen molar-refractivity contribution in [3.63, 3.8) is 0 Å². The van der Waals surface area contributed by atoms with E-state index < -0.39 is 22.5 Å². The second-order valence-electron chi connectivity index (χ2n) is 4.75. The molecule has 0 aliphatic heterocycles. The molecule has 1 aromatic rings. The van der Waals surface area contributed by atoms with Crippen molar-refractivity contribution in [2.24, 2.45) is 0 Å². The molecule has 0 fully saturated rings. The summed E-state index contributed by atoms with van der Waals surface area (Å²) in [6.07, 6.45) is 4.24. The van der Waals surface area contributed by atoms with Crippen molar-refractivity contribution in [3.05, 3.63) is 69.8 Å². The molecule has 1 aromatic carbocycles. The average Bonchev–Trinajstić information content (AvgIpc) is 2.47. The monoisotopic (exact) mass is 289 g/mol. The van der Waals surface area contributed by atoms with Gasteiger partial charge in [0.2, 0.25) is 0 Å². The molecule has 0 amide bonds. The molecule has 2 rings (SSSR count). The van der Waals surface area contributed by atoms with Crippen molar-refractivity contribution in [1.82, 2.24) is 0 Å². The molecule has 0 aromatic heterocycles. The molecular weight excluding hydrogens is 274 g/mol. The van der Waals surface area contributed by atoms with Gasteiger partial charge in [-0.1, -0.05) is 42.5 Å². The normalized spacial score (nSPS) is 24.4. The molecule has 2 atom stereocenters. The van der Waals surface area contributed by atoms with E-state index in [1.54, 1.807) is 36.4 Å². The Morgan fingerprint density at radius 3 is 2.62 bits per heavy atom. The van der Waals surface area contributed by atoms with Crippen LogP contribution in [-0.4, -0.2) is 28.8 Å². The topological polar surface area (TPSA) is 89.7 Å². The first-order valence-electron chi connectivity index (χ1n) is 6.36. The first-order chi connectivity index (χ1) is 9.99. The van der Waals surface area contributed by atoms with Crippen molar-refractivity contribution in [2.75, 3.05) is 7.11 Å². The number of methoxy groups -OCH3 is 1. The van der Waals surface area contributed by atoms with Gasteiger partial charge in [0.05, 0.1) is 11.3 Å². The smallest absolute Gasteiger partial charge is 0.355 e. The lowest BCUT2D eigenvalue weighted by Crippen LogP contribution is -2.45. The molecule has 110 valence electrons. The third-order valence-electron chi connectivity index (χ3n) is 3.47. The lowest BCUT2D eigenvalue weighted by Gasteiger charge is -2.30. The number of hydrogen-bond acceptors (Lipinski definition) is 4. The van der Waals surface area contributed by atoms with Gasteiger partial charge in [-0.3, -0.25) is 14.9 Å². The van der Waals surface area contributed by atoms with E-state index in [9.17, 15) is 14.9 Å². The van der Waals surface area contributed by atoms with Gasteiger partial charge in [0.15, 0.2) is 0 Å². The predicted octanol–water partition coefficient (Wildman–Crippen LogP) is 2.36. The van der Waals surface area contributed by atoms with E-state index in [-0.39, 0.29) is 6.42 Å². The van der Waals surface area contributed by atoms with Gasteiger partial charge in [-0.25, -0.2) is 0 Å². The zero-order chi connectivity index (χ0) is 15.5. The third-order valence-corrected chi connectivity index (χ3v) is 3.47. The summed E-state index contributed by atoms with van der Waals surface area (Å²) in [6, 6.07) is 8.97. The predicted molar refractivity (Wildman–Crippen MR) is 75.4 cm³/mol. The summed E-state index contributed by atoms with van der Waals surface area (Å²) in [5, 5.41) is 20.4. The van der Waals surface area contributed by atoms with Crippen molar-refractivity contribution in [1.29, 1.82) is 0 Å². The first kappa shape index (κ1) is 14.9. The van der Waals surface area contributed by atoms with Crippen LogP contribution in [0.2, 0.25) is 0 Å². The molecule has 0 saturated heterocycles. The molecule has 0 bridgehead atoms. The van der Waals surface area contributed by atoms with Gasteiger partial charge < -0.3 is 9.84 Å². The van der Waals surface area contributed by atoms with E-state index in [0.717, 1.165) is 5.56 Å². The van der Waals surface area contributed by atoms with E-state index in [1.165, 1.54) is 13.2 Å². The second kappa shape index (κ2) is 5.88. The Balaban J connectivity index is 2.48. The molecule has 0 saturated carbocycles. The van der Waals surface area contributed by atoms with Crippen LogP contribution in [-0.2, 0) is 9.53 Å². The zero-order valence-corrected chi connectivity index (χ0v) is 11.4. The van der Waals surface area contributed by atoms with E-state index in [2.05, 4.69) is 0 Å². The summed E-state index contributed by atoms with van der Waals surface area (Å²) in [4.78, 5) is 21.9. The number of rotatable bonds is 5. The number of nitro groups is 1. The zero-order valence-electron chi connectivity index (χ0n) is 11.4. The van der Waals surface area contributed by atoms with Crippen LogP contribution in [0.25, 0.3) is 0 Å². The van der Waals surface area contributed by atoms with Gasteiger partial charge in [0.25, 0.3) is 0 Å². The van der Waals surface area contributed by atoms with E-state index in [4.69, 9.17) is 9.84 Å². The van der Waals surface area contributed by atoms with Gasteiger partial charge in [0, 0.05) is 13.2 Å². The average molecular weight is 289 g/mol. The molecule has 2 unspecified atom stereocenters. The minimum absolute atomic E-state index is 0.281. The molecule has 1 aliphatic carbocycles.